The lowest BCUT2D eigenvalue weighted by molar-refractivity contribution is 0.112. The van der Waals surface area contributed by atoms with Crippen molar-refractivity contribution in [1.82, 2.24) is 9.78 Å². The van der Waals surface area contributed by atoms with E-state index in [1.807, 2.05) is 31.2 Å². The maximum Gasteiger partial charge on any atom is 0.155 e. The molecular weight excluding hydrogens is 316 g/mol. The summed E-state index contributed by atoms with van der Waals surface area (Å²) in [5.74, 6) is 0. The van der Waals surface area contributed by atoms with Gasteiger partial charge < -0.3 is 0 Å². The quantitative estimate of drug-likeness (QED) is 0.802. The van der Waals surface area contributed by atoms with Gasteiger partial charge in [-0.25, -0.2) is 4.68 Å². The number of aryl methyl sites for hydroxylation is 1. The van der Waals surface area contributed by atoms with Crippen LogP contribution in [-0.4, -0.2) is 16.1 Å². The second-order valence-corrected chi connectivity index (χ2v) is 5.18. The summed E-state index contributed by atoms with van der Waals surface area (Å²) in [6, 6.07) is 7.92. The highest BCUT2D eigenvalue weighted by atomic mass is 79.9. The van der Waals surface area contributed by atoms with E-state index in [1.54, 1.807) is 4.68 Å². The van der Waals surface area contributed by atoms with Gasteiger partial charge in [-0.3, -0.25) is 4.79 Å². The number of aromatic nitrogens is 2. The van der Waals surface area contributed by atoms with Gasteiger partial charge in [0.15, 0.2) is 6.29 Å². The number of aldehydes is 1. The Morgan fingerprint density at radius 2 is 2.28 bits per heavy atom. The molecule has 0 saturated heterocycles. The fraction of sp³-hybridized carbons (Fsp3) is 0.231. The molecule has 2 rings (SSSR count). The van der Waals surface area contributed by atoms with E-state index in [1.165, 1.54) is 0 Å². The van der Waals surface area contributed by atoms with E-state index in [-0.39, 0.29) is 0 Å². The van der Waals surface area contributed by atoms with Crippen molar-refractivity contribution in [2.24, 2.45) is 0 Å². The Kier molecular flexibility index (Phi) is 4.19. The van der Waals surface area contributed by atoms with Gasteiger partial charge in [-0.05, 0) is 24.1 Å². The van der Waals surface area contributed by atoms with Gasteiger partial charge in [-0.2, -0.15) is 5.10 Å². The second-order valence-electron chi connectivity index (χ2n) is 3.91. The normalized spacial score (nSPS) is 10.6. The summed E-state index contributed by atoms with van der Waals surface area (Å²) in [6.07, 6.45) is 1.46. The van der Waals surface area contributed by atoms with Crippen LogP contribution in [0, 0.1) is 0 Å². The molecule has 0 saturated carbocycles. The minimum Gasteiger partial charge on any atom is -0.298 e. The lowest BCUT2D eigenvalue weighted by Crippen LogP contribution is -2.02. The van der Waals surface area contributed by atoms with Gasteiger partial charge in [0.05, 0.1) is 17.8 Å². The molecule has 0 N–H and O–H groups in total. The molecule has 0 aliphatic heterocycles. The van der Waals surface area contributed by atoms with E-state index in [0.29, 0.717) is 23.7 Å². The van der Waals surface area contributed by atoms with Crippen molar-refractivity contribution in [3.63, 3.8) is 0 Å². The predicted octanol–water partition coefficient (Wildman–Crippen LogP) is 3.72. The SMILES string of the molecule is CCc1nn(Cc2cccc(Br)c2)c(Cl)c1C=O. The molecular formula is C13H12BrClN2O. The molecule has 18 heavy (non-hydrogen) atoms. The van der Waals surface area contributed by atoms with E-state index >= 15 is 0 Å². The number of carbonyl (C=O) groups excluding carboxylic acids is 1. The Balaban J connectivity index is 2.35. The predicted molar refractivity (Wildman–Crippen MR) is 75.2 cm³/mol. The zero-order valence-electron chi connectivity index (χ0n) is 9.86. The third-order valence-electron chi connectivity index (χ3n) is 2.68. The molecule has 3 nitrogen and oxygen atoms in total. The number of hydrogen-bond acceptors (Lipinski definition) is 2. The average molecular weight is 328 g/mol. The molecule has 0 bridgehead atoms. The summed E-state index contributed by atoms with van der Waals surface area (Å²) < 4.78 is 2.67. The molecule has 0 aliphatic carbocycles. The first-order valence-corrected chi connectivity index (χ1v) is 6.77. The highest BCUT2D eigenvalue weighted by Crippen LogP contribution is 2.21. The Hall–Kier alpha value is -1.13. The van der Waals surface area contributed by atoms with Crippen molar-refractivity contribution < 1.29 is 4.79 Å². The number of rotatable bonds is 4. The third kappa shape index (κ3) is 2.65. The van der Waals surface area contributed by atoms with Crippen LogP contribution in [0.25, 0.3) is 0 Å². The lowest BCUT2D eigenvalue weighted by atomic mass is 10.2. The number of carbonyl (C=O) groups is 1. The molecule has 0 amide bonds. The number of hydrogen-bond donors (Lipinski definition) is 0. The van der Waals surface area contributed by atoms with Crippen molar-refractivity contribution in [2.75, 3.05) is 0 Å². The Labute approximate surface area is 119 Å². The van der Waals surface area contributed by atoms with Crippen LogP contribution in [0.3, 0.4) is 0 Å². The summed E-state index contributed by atoms with van der Waals surface area (Å²) in [6.45, 7) is 2.51. The minimum atomic E-state index is 0.404. The molecule has 0 aliphatic rings. The number of nitrogens with zero attached hydrogens (tertiary/aromatic N) is 2. The van der Waals surface area contributed by atoms with Gasteiger partial charge in [-0.1, -0.05) is 46.6 Å². The van der Waals surface area contributed by atoms with Gasteiger partial charge in [0, 0.05) is 4.47 Å². The Morgan fingerprint density at radius 3 is 2.83 bits per heavy atom. The number of benzene rings is 1. The molecule has 0 fully saturated rings. The summed E-state index contributed by atoms with van der Waals surface area (Å²) in [7, 11) is 0. The fourth-order valence-corrected chi connectivity index (χ4v) is 2.49. The highest BCUT2D eigenvalue weighted by molar-refractivity contribution is 9.10. The zero-order valence-corrected chi connectivity index (χ0v) is 12.2. The van der Waals surface area contributed by atoms with Crippen LogP contribution in [0.5, 0.6) is 0 Å². The van der Waals surface area contributed by atoms with Crippen LogP contribution in [-0.2, 0) is 13.0 Å². The topological polar surface area (TPSA) is 34.9 Å². The summed E-state index contributed by atoms with van der Waals surface area (Å²) in [4.78, 5) is 11.0. The average Bonchev–Trinajstić information content (AvgIpc) is 2.66. The molecule has 0 radical (unpaired) electrons. The first-order valence-electron chi connectivity index (χ1n) is 5.60. The van der Waals surface area contributed by atoms with Crippen molar-refractivity contribution >= 4 is 33.8 Å². The Bertz CT molecular complexity index is 580. The van der Waals surface area contributed by atoms with Crippen molar-refractivity contribution in [3.05, 3.63) is 50.7 Å². The molecule has 1 heterocycles. The van der Waals surface area contributed by atoms with E-state index in [0.717, 1.165) is 22.0 Å². The first kappa shape index (κ1) is 13.3. The first-order chi connectivity index (χ1) is 8.65. The smallest absolute Gasteiger partial charge is 0.155 e. The van der Waals surface area contributed by atoms with Gasteiger partial charge in [0.25, 0.3) is 0 Å². The van der Waals surface area contributed by atoms with Gasteiger partial charge in [0.2, 0.25) is 0 Å². The van der Waals surface area contributed by atoms with Crippen LogP contribution in [0.4, 0.5) is 0 Å². The maximum absolute atomic E-state index is 11.0. The summed E-state index contributed by atoms with van der Waals surface area (Å²) in [5.41, 5.74) is 2.31. The van der Waals surface area contributed by atoms with E-state index in [2.05, 4.69) is 21.0 Å². The van der Waals surface area contributed by atoms with Crippen molar-refractivity contribution in [3.8, 4) is 0 Å². The molecule has 0 spiro atoms. The molecule has 1 aromatic heterocycles. The molecule has 0 unspecified atom stereocenters. The zero-order chi connectivity index (χ0) is 13.1. The number of halogens is 2. The molecule has 1 aromatic carbocycles. The van der Waals surface area contributed by atoms with Crippen LogP contribution in [0.1, 0.15) is 28.5 Å². The van der Waals surface area contributed by atoms with Crippen molar-refractivity contribution in [1.29, 1.82) is 0 Å². The van der Waals surface area contributed by atoms with Crippen LogP contribution in [0.2, 0.25) is 5.15 Å². The van der Waals surface area contributed by atoms with E-state index < -0.39 is 0 Å². The largest absolute Gasteiger partial charge is 0.298 e. The molecule has 2 aromatic rings. The molecule has 94 valence electrons. The third-order valence-corrected chi connectivity index (χ3v) is 3.57. The highest BCUT2D eigenvalue weighted by Gasteiger charge is 2.14. The standard InChI is InChI=1S/C13H12BrClN2O/c1-2-12-11(8-18)13(15)17(16-12)7-9-4-3-5-10(14)6-9/h3-6,8H,2,7H2,1H3. The maximum atomic E-state index is 11.0. The van der Waals surface area contributed by atoms with E-state index in [9.17, 15) is 4.79 Å². The van der Waals surface area contributed by atoms with E-state index in [4.69, 9.17) is 11.6 Å². The van der Waals surface area contributed by atoms with Gasteiger partial charge in [0.1, 0.15) is 5.15 Å². The minimum absolute atomic E-state index is 0.404. The lowest BCUT2D eigenvalue weighted by Gasteiger charge is -2.04. The van der Waals surface area contributed by atoms with Crippen LogP contribution < -0.4 is 0 Å². The van der Waals surface area contributed by atoms with Crippen LogP contribution >= 0.6 is 27.5 Å². The fourth-order valence-electron chi connectivity index (χ4n) is 1.79. The van der Waals surface area contributed by atoms with Crippen LogP contribution in [0.15, 0.2) is 28.7 Å². The molecule has 5 heteroatoms. The Morgan fingerprint density at radius 1 is 1.50 bits per heavy atom. The summed E-state index contributed by atoms with van der Waals surface area (Å²) in [5, 5.41) is 4.77. The summed E-state index contributed by atoms with van der Waals surface area (Å²) >= 11 is 9.58. The van der Waals surface area contributed by atoms with Gasteiger partial charge >= 0.3 is 0 Å². The van der Waals surface area contributed by atoms with Gasteiger partial charge in [-0.15, -0.1) is 0 Å². The monoisotopic (exact) mass is 326 g/mol. The second kappa shape index (κ2) is 5.67. The molecule has 0 atom stereocenters. The van der Waals surface area contributed by atoms with Crippen molar-refractivity contribution in [2.45, 2.75) is 19.9 Å².